The van der Waals surface area contributed by atoms with Crippen molar-refractivity contribution >= 4 is 21.6 Å². The minimum absolute atomic E-state index is 0.0771. The van der Waals surface area contributed by atoms with Gasteiger partial charge in [0.15, 0.2) is 23.0 Å². The Hall–Kier alpha value is -3.14. The summed E-state index contributed by atoms with van der Waals surface area (Å²) in [4.78, 5) is 12.4. The maximum Gasteiger partial charge on any atom is 0.241 e. The van der Waals surface area contributed by atoms with Gasteiger partial charge in [0.1, 0.15) is 6.54 Å². The molecule has 0 saturated carbocycles. The van der Waals surface area contributed by atoms with Crippen molar-refractivity contribution in [2.45, 2.75) is 6.54 Å². The van der Waals surface area contributed by atoms with Gasteiger partial charge in [0.2, 0.25) is 29.5 Å². The van der Waals surface area contributed by atoms with E-state index in [-0.39, 0.29) is 26.7 Å². The zero-order valence-electron chi connectivity index (χ0n) is 15.0. The molecule has 1 amide bonds. The normalized spacial score (nSPS) is 14.0. The Morgan fingerprint density at radius 3 is 2.25 bits per heavy atom. The number of carbonyl (C=O) groups is 1. The Morgan fingerprint density at radius 2 is 1.57 bits per heavy atom. The number of sulfonamides is 1. The Labute approximate surface area is 161 Å². The van der Waals surface area contributed by atoms with E-state index in [0.717, 1.165) is 16.1 Å². The van der Waals surface area contributed by atoms with Gasteiger partial charge in [-0.2, -0.15) is 0 Å². The Morgan fingerprint density at radius 1 is 0.964 bits per heavy atom. The van der Waals surface area contributed by atoms with E-state index >= 15 is 0 Å². The lowest BCUT2D eigenvalue weighted by molar-refractivity contribution is -0.119. The summed E-state index contributed by atoms with van der Waals surface area (Å²) in [6.07, 6.45) is 1.04. The summed E-state index contributed by atoms with van der Waals surface area (Å²) in [7, 11) is -3.68. The predicted molar refractivity (Wildman–Crippen MR) is 99.2 cm³/mol. The second kappa shape index (κ2) is 7.12. The number of fused-ring (bicyclic) bond motifs is 2. The number of hydrogen-bond acceptors (Lipinski definition) is 7. The lowest BCUT2D eigenvalue weighted by Gasteiger charge is -2.22. The minimum atomic E-state index is -3.68. The summed E-state index contributed by atoms with van der Waals surface area (Å²) in [5.74, 6) is 1.79. The highest BCUT2D eigenvalue weighted by atomic mass is 32.2. The van der Waals surface area contributed by atoms with Crippen LogP contribution in [0.1, 0.15) is 5.56 Å². The molecule has 10 heteroatoms. The molecule has 2 heterocycles. The summed E-state index contributed by atoms with van der Waals surface area (Å²) in [6, 6.07) is 10.1. The summed E-state index contributed by atoms with van der Waals surface area (Å²) in [5, 5.41) is 2.72. The maximum absolute atomic E-state index is 12.4. The van der Waals surface area contributed by atoms with Crippen molar-refractivity contribution in [2.75, 3.05) is 30.7 Å². The highest BCUT2D eigenvalue weighted by Crippen LogP contribution is 2.36. The molecule has 0 aliphatic carbocycles. The van der Waals surface area contributed by atoms with Gasteiger partial charge in [-0.3, -0.25) is 9.10 Å². The molecule has 148 valence electrons. The van der Waals surface area contributed by atoms with E-state index in [0.29, 0.717) is 28.7 Å². The van der Waals surface area contributed by atoms with Crippen molar-refractivity contribution < 1.29 is 32.2 Å². The molecule has 0 fully saturated rings. The first-order chi connectivity index (χ1) is 13.4. The highest BCUT2D eigenvalue weighted by molar-refractivity contribution is 7.92. The van der Waals surface area contributed by atoms with Crippen molar-refractivity contribution in [2.24, 2.45) is 0 Å². The number of ether oxygens (including phenoxy) is 4. The molecule has 2 aliphatic heterocycles. The second-order valence-corrected chi connectivity index (χ2v) is 8.18. The largest absolute Gasteiger partial charge is 0.454 e. The standard InChI is InChI=1S/C18H18N2O7S/c1-28(22,23)20(13-3-5-15-17(7-13)27-11-25-15)9-18(21)19-8-12-2-4-14-16(6-12)26-10-24-14/h2-7H,8-11H2,1H3,(H,19,21). The molecule has 0 unspecified atom stereocenters. The lowest BCUT2D eigenvalue weighted by atomic mass is 10.2. The van der Waals surface area contributed by atoms with Crippen LogP contribution >= 0.6 is 0 Å². The second-order valence-electron chi connectivity index (χ2n) is 6.27. The first-order valence-corrected chi connectivity index (χ1v) is 10.3. The molecule has 0 atom stereocenters. The molecular weight excluding hydrogens is 388 g/mol. The summed E-state index contributed by atoms with van der Waals surface area (Å²) in [5.41, 5.74) is 1.14. The zero-order valence-corrected chi connectivity index (χ0v) is 15.8. The van der Waals surface area contributed by atoms with Crippen LogP contribution < -0.4 is 28.6 Å². The topological polar surface area (TPSA) is 103 Å². The average Bonchev–Trinajstić information content (AvgIpc) is 3.31. The van der Waals surface area contributed by atoms with Gasteiger partial charge in [0.05, 0.1) is 11.9 Å². The maximum atomic E-state index is 12.4. The Kier molecular flexibility index (Phi) is 4.63. The molecule has 28 heavy (non-hydrogen) atoms. The van der Waals surface area contributed by atoms with Crippen LogP contribution in [0.15, 0.2) is 36.4 Å². The molecule has 2 aromatic rings. The van der Waals surface area contributed by atoms with Crippen molar-refractivity contribution in [1.29, 1.82) is 0 Å². The molecule has 2 aliphatic rings. The number of nitrogens with zero attached hydrogens (tertiary/aromatic N) is 1. The van der Waals surface area contributed by atoms with Crippen LogP contribution in [0.4, 0.5) is 5.69 Å². The molecule has 0 saturated heterocycles. The van der Waals surface area contributed by atoms with E-state index < -0.39 is 15.9 Å². The van der Waals surface area contributed by atoms with Gasteiger partial charge >= 0.3 is 0 Å². The first-order valence-electron chi connectivity index (χ1n) is 8.43. The van der Waals surface area contributed by atoms with Gasteiger partial charge in [0, 0.05) is 12.6 Å². The van der Waals surface area contributed by atoms with Gasteiger partial charge in [0.25, 0.3) is 0 Å². The third kappa shape index (κ3) is 3.77. The van der Waals surface area contributed by atoms with Gasteiger partial charge in [-0.15, -0.1) is 0 Å². The van der Waals surface area contributed by atoms with E-state index in [9.17, 15) is 13.2 Å². The van der Waals surface area contributed by atoms with Gasteiger partial charge < -0.3 is 24.3 Å². The molecule has 0 spiro atoms. The zero-order chi connectivity index (χ0) is 19.7. The predicted octanol–water partition coefficient (Wildman–Crippen LogP) is 1.23. The van der Waals surface area contributed by atoms with Crippen LogP contribution in [0.5, 0.6) is 23.0 Å². The number of rotatable bonds is 6. The van der Waals surface area contributed by atoms with Crippen molar-refractivity contribution in [1.82, 2.24) is 5.32 Å². The third-order valence-corrected chi connectivity index (χ3v) is 5.40. The smallest absolute Gasteiger partial charge is 0.241 e. The number of nitrogens with one attached hydrogen (secondary N) is 1. The van der Waals surface area contributed by atoms with E-state index in [1.165, 1.54) is 6.07 Å². The highest BCUT2D eigenvalue weighted by Gasteiger charge is 2.24. The summed E-state index contributed by atoms with van der Waals surface area (Å²) >= 11 is 0. The van der Waals surface area contributed by atoms with E-state index in [2.05, 4.69) is 5.32 Å². The Bertz CT molecular complexity index is 1020. The van der Waals surface area contributed by atoms with Crippen LogP contribution in [0.3, 0.4) is 0 Å². The number of hydrogen-bond donors (Lipinski definition) is 1. The molecule has 2 aromatic carbocycles. The van der Waals surface area contributed by atoms with Crippen molar-refractivity contribution in [3.63, 3.8) is 0 Å². The molecule has 0 bridgehead atoms. The molecule has 4 rings (SSSR count). The molecule has 9 nitrogen and oxygen atoms in total. The SMILES string of the molecule is CS(=O)(=O)N(CC(=O)NCc1ccc2c(c1)OCO2)c1ccc2c(c1)OCO2. The number of carbonyl (C=O) groups excluding carboxylic acids is 1. The molecule has 1 N–H and O–H groups in total. The fourth-order valence-corrected chi connectivity index (χ4v) is 3.73. The van der Waals surface area contributed by atoms with Crippen LogP contribution in [0.2, 0.25) is 0 Å². The van der Waals surface area contributed by atoms with Crippen LogP contribution in [0.25, 0.3) is 0 Å². The molecular formula is C18H18N2O7S. The number of benzene rings is 2. The fourth-order valence-electron chi connectivity index (χ4n) is 2.88. The number of anilines is 1. The first kappa shape index (κ1) is 18.2. The van der Waals surface area contributed by atoms with Crippen LogP contribution in [-0.2, 0) is 21.4 Å². The third-order valence-electron chi connectivity index (χ3n) is 4.26. The Balaban J connectivity index is 1.44. The van der Waals surface area contributed by atoms with Crippen LogP contribution in [-0.4, -0.2) is 40.7 Å². The van der Waals surface area contributed by atoms with Crippen molar-refractivity contribution in [3.05, 3.63) is 42.0 Å². The van der Waals surface area contributed by atoms with Gasteiger partial charge in [-0.25, -0.2) is 8.42 Å². The number of amides is 1. The van der Waals surface area contributed by atoms with Gasteiger partial charge in [-0.1, -0.05) is 6.07 Å². The van der Waals surface area contributed by atoms with Gasteiger partial charge in [-0.05, 0) is 29.8 Å². The molecule has 0 aromatic heterocycles. The summed E-state index contributed by atoms with van der Waals surface area (Å²) < 4.78 is 46.5. The minimum Gasteiger partial charge on any atom is -0.454 e. The van der Waals surface area contributed by atoms with Crippen LogP contribution in [0, 0.1) is 0 Å². The average molecular weight is 406 g/mol. The molecule has 0 radical (unpaired) electrons. The summed E-state index contributed by atoms with van der Waals surface area (Å²) in [6.45, 7) is 0.120. The monoisotopic (exact) mass is 406 g/mol. The quantitative estimate of drug-likeness (QED) is 0.769. The van der Waals surface area contributed by atoms with E-state index in [1.54, 1.807) is 30.3 Å². The lowest BCUT2D eigenvalue weighted by Crippen LogP contribution is -2.40. The fraction of sp³-hybridized carbons (Fsp3) is 0.278. The van der Waals surface area contributed by atoms with E-state index in [4.69, 9.17) is 18.9 Å². The van der Waals surface area contributed by atoms with Crippen molar-refractivity contribution in [3.8, 4) is 23.0 Å². The van der Waals surface area contributed by atoms with E-state index in [1.807, 2.05) is 0 Å².